The lowest BCUT2D eigenvalue weighted by Gasteiger charge is -2.08. The summed E-state index contributed by atoms with van der Waals surface area (Å²) in [7, 11) is 0. The Morgan fingerprint density at radius 3 is 2.83 bits per heavy atom. The molecule has 3 aromatic rings. The molecule has 0 radical (unpaired) electrons. The van der Waals surface area contributed by atoms with Crippen LogP contribution in [0.25, 0.3) is 16.8 Å². The van der Waals surface area contributed by atoms with Crippen molar-refractivity contribution < 1.29 is 0 Å². The molecule has 0 amide bonds. The molecule has 1 fully saturated rings. The van der Waals surface area contributed by atoms with Gasteiger partial charge in [-0.3, -0.25) is 4.40 Å². The molecule has 1 atom stereocenters. The monoisotopic (exact) mass is 304 g/mol. The summed E-state index contributed by atoms with van der Waals surface area (Å²) in [5, 5.41) is 9.09. The zero-order valence-corrected chi connectivity index (χ0v) is 12.6. The molecule has 0 saturated carbocycles. The molecule has 0 spiro atoms. The van der Waals surface area contributed by atoms with Gasteiger partial charge in [0.25, 0.3) is 0 Å². The number of nitrogens with zero attached hydrogens (tertiary/aromatic N) is 5. The van der Waals surface area contributed by atoms with Crippen molar-refractivity contribution in [2.24, 2.45) is 0 Å². The highest BCUT2D eigenvalue weighted by Gasteiger charge is 2.28. The SMILES string of the molecule is N#CN1CCC(c2nc(-c3ccccc3)c3c(N)nccn23)C1. The Hall–Kier alpha value is -3.07. The maximum atomic E-state index is 9.09. The molecular weight excluding hydrogens is 288 g/mol. The molecule has 1 aliphatic heterocycles. The van der Waals surface area contributed by atoms with Crippen molar-refractivity contribution in [1.29, 1.82) is 5.26 Å². The van der Waals surface area contributed by atoms with E-state index in [4.69, 9.17) is 16.0 Å². The Labute approximate surface area is 133 Å². The summed E-state index contributed by atoms with van der Waals surface area (Å²) in [5.74, 6) is 1.65. The number of hydrogen-bond donors (Lipinski definition) is 1. The van der Waals surface area contributed by atoms with Gasteiger partial charge in [0.15, 0.2) is 6.19 Å². The first kappa shape index (κ1) is 13.6. The first-order valence-electron chi connectivity index (χ1n) is 7.60. The third-order valence-corrected chi connectivity index (χ3v) is 4.35. The number of nitrogen functional groups attached to an aromatic ring is 1. The minimum absolute atomic E-state index is 0.224. The molecule has 2 aromatic heterocycles. The lowest BCUT2D eigenvalue weighted by Crippen LogP contribution is -2.14. The van der Waals surface area contributed by atoms with Crippen molar-refractivity contribution in [3.63, 3.8) is 0 Å². The number of aromatic nitrogens is 3. The molecule has 2 N–H and O–H groups in total. The molecule has 3 heterocycles. The Kier molecular flexibility index (Phi) is 3.12. The lowest BCUT2D eigenvalue weighted by molar-refractivity contribution is 0.476. The smallest absolute Gasteiger partial charge is 0.179 e. The fraction of sp³-hybridized carbons (Fsp3) is 0.235. The minimum Gasteiger partial charge on any atom is -0.382 e. The van der Waals surface area contributed by atoms with E-state index >= 15 is 0 Å². The largest absolute Gasteiger partial charge is 0.382 e. The van der Waals surface area contributed by atoms with Gasteiger partial charge in [-0.05, 0) is 6.42 Å². The van der Waals surface area contributed by atoms with E-state index in [-0.39, 0.29) is 5.92 Å². The van der Waals surface area contributed by atoms with Crippen LogP contribution in [0.15, 0.2) is 42.7 Å². The summed E-state index contributed by atoms with van der Waals surface area (Å²) in [6.45, 7) is 1.48. The second kappa shape index (κ2) is 5.29. The van der Waals surface area contributed by atoms with Crippen LogP contribution in [0.1, 0.15) is 18.2 Å². The van der Waals surface area contributed by atoms with Crippen LogP contribution < -0.4 is 5.73 Å². The molecule has 1 aliphatic rings. The summed E-state index contributed by atoms with van der Waals surface area (Å²) in [6.07, 6.45) is 6.73. The van der Waals surface area contributed by atoms with Gasteiger partial charge in [0, 0.05) is 37.0 Å². The maximum absolute atomic E-state index is 9.09. The molecule has 23 heavy (non-hydrogen) atoms. The van der Waals surface area contributed by atoms with Crippen molar-refractivity contribution in [3.05, 3.63) is 48.5 Å². The van der Waals surface area contributed by atoms with Gasteiger partial charge in [0.2, 0.25) is 0 Å². The summed E-state index contributed by atoms with van der Waals surface area (Å²) in [6, 6.07) is 10.00. The average Bonchev–Trinajstić information content (AvgIpc) is 3.20. The normalized spacial score (nSPS) is 17.5. The van der Waals surface area contributed by atoms with E-state index in [1.165, 1.54) is 0 Å². The topological polar surface area (TPSA) is 83.2 Å². The Morgan fingerprint density at radius 2 is 2.09 bits per heavy atom. The van der Waals surface area contributed by atoms with E-state index in [2.05, 4.69) is 11.2 Å². The number of fused-ring (bicyclic) bond motifs is 1. The predicted octanol–water partition coefficient (Wildman–Crippen LogP) is 2.25. The fourth-order valence-electron chi connectivity index (χ4n) is 3.23. The summed E-state index contributed by atoms with van der Waals surface area (Å²) >= 11 is 0. The van der Waals surface area contributed by atoms with Crippen LogP contribution >= 0.6 is 0 Å². The predicted molar refractivity (Wildman–Crippen MR) is 87.4 cm³/mol. The summed E-state index contributed by atoms with van der Waals surface area (Å²) in [5.41, 5.74) is 8.83. The second-order valence-electron chi connectivity index (χ2n) is 5.75. The fourth-order valence-corrected chi connectivity index (χ4v) is 3.23. The molecular formula is C17H16N6. The highest BCUT2D eigenvalue weighted by molar-refractivity contribution is 5.85. The van der Waals surface area contributed by atoms with Gasteiger partial charge in [-0.25, -0.2) is 9.97 Å². The Balaban J connectivity index is 1.90. The molecule has 1 aromatic carbocycles. The van der Waals surface area contributed by atoms with Crippen LogP contribution in [0.5, 0.6) is 0 Å². The number of rotatable bonds is 2. The number of hydrogen-bond acceptors (Lipinski definition) is 5. The van der Waals surface area contributed by atoms with Crippen molar-refractivity contribution in [2.45, 2.75) is 12.3 Å². The molecule has 0 bridgehead atoms. The van der Waals surface area contributed by atoms with Crippen molar-refractivity contribution in [2.75, 3.05) is 18.8 Å². The standard InChI is InChI=1S/C17H16N6/c18-11-22-8-6-13(10-22)17-21-14(12-4-2-1-3-5-12)15-16(19)20-7-9-23(15)17/h1-5,7,9,13H,6,8,10H2,(H2,19,20). The van der Waals surface area contributed by atoms with Crippen molar-refractivity contribution in [1.82, 2.24) is 19.3 Å². The van der Waals surface area contributed by atoms with E-state index in [9.17, 15) is 0 Å². The molecule has 6 nitrogen and oxygen atoms in total. The summed E-state index contributed by atoms with van der Waals surface area (Å²) < 4.78 is 2.02. The van der Waals surface area contributed by atoms with Gasteiger partial charge in [-0.15, -0.1) is 0 Å². The van der Waals surface area contributed by atoms with Gasteiger partial charge in [-0.1, -0.05) is 30.3 Å². The van der Waals surface area contributed by atoms with Gasteiger partial charge in [0.1, 0.15) is 22.9 Å². The van der Waals surface area contributed by atoms with Crippen LogP contribution in [0.4, 0.5) is 5.82 Å². The first-order valence-corrected chi connectivity index (χ1v) is 7.60. The van der Waals surface area contributed by atoms with Crippen molar-refractivity contribution >= 4 is 11.3 Å². The maximum Gasteiger partial charge on any atom is 0.179 e. The quantitative estimate of drug-likeness (QED) is 0.734. The number of anilines is 1. The van der Waals surface area contributed by atoms with Crippen LogP contribution in [-0.4, -0.2) is 32.4 Å². The minimum atomic E-state index is 0.224. The molecule has 0 aliphatic carbocycles. The van der Waals surface area contributed by atoms with Crippen LogP contribution in [0.2, 0.25) is 0 Å². The van der Waals surface area contributed by atoms with Gasteiger partial charge < -0.3 is 10.6 Å². The lowest BCUT2D eigenvalue weighted by atomic mass is 10.1. The van der Waals surface area contributed by atoms with E-state index in [0.717, 1.165) is 35.6 Å². The number of nitrogens with two attached hydrogens (primary N) is 1. The number of nitriles is 1. The van der Waals surface area contributed by atoms with Gasteiger partial charge in [-0.2, -0.15) is 5.26 Å². The Bertz CT molecular complexity index is 893. The van der Waals surface area contributed by atoms with Crippen LogP contribution in [-0.2, 0) is 0 Å². The zero-order valence-electron chi connectivity index (χ0n) is 12.6. The first-order chi connectivity index (χ1) is 11.3. The van der Waals surface area contributed by atoms with E-state index in [0.29, 0.717) is 12.4 Å². The zero-order chi connectivity index (χ0) is 15.8. The number of likely N-dealkylation sites (tertiary alicyclic amines) is 1. The van der Waals surface area contributed by atoms with Crippen molar-refractivity contribution in [3.8, 4) is 17.5 Å². The number of imidazole rings is 1. The van der Waals surface area contributed by atoms with E-state index < -0.39 is 0 Å². The highest BCUT2D eigenvalue weighted by Crippen LogP contribution is 2.33. The average molecular weight is 304 g/mol. The van der Waals surface area contributed by atoms with Crippen LogP contribution in [0, 0.1) is 11.5 Å². The highest BCUT2D eigenvalue weighted by atomic mass is 15.2. The number of benzene rings is 1. The van der Waals surface area contributed by atoms with Gasteiger partial charge >= 0.3 is 0 Å². The second-order valence-corrected chi connectivity index (χ2v) is 5.75. The van der Waals surface area contributed by atoms with E-state index in [1.807, 2.05) is 40.9 Å². The molecule has 1 saturated heterocycles. The van der Waals surface area contributed by atoms with Crippen LogP contribution in [0.3, 0.4) is 0 Å². The third kappa shape index (κ3) is 2.18. The van der Waals surface area contributed by atoms with E-state index in [1.54, 1.807) is 11.1 Å². The summed E-state index contributed by atoms with van der Waals surface area (Å²) in [4.78, 5) is 10.9. The molecule has 6 heteroatoms. The third-order valence-electron chi connectivity index (χ3n) is 4.35. The molecule has 1 unspecified atom stereocenters. The molecule has 114 valence electrons. The molecule has 4 rings (SSSR count). The Morgan fingerprint density at radius 1 is 1.26 bits per heavy atom. The van der Waals surface area contributed by atoms with Gasteiger partial charge in [0.05, 0.1) is 0 Å².